The molecule has 0 radical (unpaired) electrons. The molecule has 0 aliphatic carbocycles. The summed E-state index contributed by atoms with van der Waals surface area (Å²) < 4.78 is 6.94. The molecule has 190 valence electrons. The first-order valence-electron chi connectivity index (χ1n) is 12.2. The molecule has 36 heavy (non-hydrogen) atoms. The van der Waals surface area contributed by atoms with E-state index >= 15 is 0 Å². The molecule has 1 amide bonds. The fourth-order valence-corrected chi connectivity index (χ4v) is 4.52. The molecule has 1 fully saturated rings. The largest absolute Gasteiger partial charge is 0.384 e. The number of hydrogen-bond donors (Lipinski definition) is 3. The van der Waals surface area contributed by atoms with E-state index < -0.39 is 0 Å². The molecule has 9 heteroatoms. The maximum absolute atomic E-state index is 13.2. The molecule has 3 aromatic rings. The standard InChI is InChI=1S/C27H34N6O3/c1-18-8-9-33(30-16-21-6-4-5-7-24(21)32-10-12-36-13-11-32)27(35)22(18)15-26(34)29-17-23-19(2)14-25(28)31-20(23)3/h4-9,14,30H,10-13,15-17H2,1-3H3,(H2,28,31)(H,29,34). The fourth-order valence-electron chi connectivity index (χ4n) is 4.52. The molecule has 0 spiro atoms. The number of anilines is 2. The maximum Gasteiger partial charge on any atom is 0.272 e. The molecule has 1 aliphatic heterocycles. The molecular weight excluding hydrogens is 456 g/mol. The predicted octanol–water partition coefficient (Wildman–Crippen LogP) is 2.19. The van der Waals surface area contributed by atoms with E-state index in [1.165, 1.54) is 4.68 Å². The fraction of sp³-hybridized carbons (Fsp3) is 0.370. The third-order valence-corrected chi connectivity index (χ3v) is 6.58. The van der Waals surface area contributed by atoms with E-state index in [2.05, 4.69) is 32.8 Å². The topological polar surface area (TPSA) is 115 Å². The van der Waals surface area contributed by atoms with E-state index in [1.54, 1.807) is 12.3 Å². The van der Waals surface area contributed by atoms with E-state index in [1.807, 2.05) is 39.0 Å². The lowest BCUT2D eigenvalue weighted by molar-refractivity contribution is -0.120. The number of carbonyl (C=O) groups excluding carboxylic acids is 1. The van der Waals surface area contributed by atoms with Gasteiger partial charge in [0.1, 0.15) is 5.82 Å². The monoisotopic (exact) mass is 490 g/mol. The molecule has 0 atom stereocenters. The van der Waals surface area contributed by atoms with Crippen LogP contribution in [0, 0.1) is 20.8 Å². The first kappa shape index (κ1) is 25.2. The molecule has 4 rings (SSSR count). The minimum Gasteiger partial charge on any atom is -0.384 e. The number of aryl methyl sites for hydroxylation is 3. The van der Waals surface area contributed by atoms with Gasteiger partial charge in [0.2, 0.25) is 5.91 Å². The van der Waals surface area contributed by atoms with Crippen LogP contribution in [0.4, 0.5) is 11.5 Å². The Kier molecular flexibility index (Phi) is 7.90. The number of nitrogen functional groups attached to an aromatic ring is 1. The summed E-state index contributed by atoms with van der Waals surface area (Å²) in [7, 11) is 0. The Morgan fingerprint density at radius 1 is 1.06 bits per heavy atom. The highest BCUT2D eigenvalue weighted by Crippen LogP contribution is 2.21. The summed E-state index contributed by atoms with van der Waals surface area (Å²) in [6.07, 6.45) is 1.71. The number of morpholine rings is 1. The lowest BCUT2D eigenvalue weighted by Gasteiger charge is -2.30. The van der Waals surface area contributed by atoms with Crippen molar-refractivity contribution >= 4 is 17.4 Å². The lowest BCUT2D eigenvalue weighted by Crippen LogP contribution is -2.37. The zero-order chi connectivity index (χ0) is 25.7. The predicted molar refractivity (Wildman–Crippen MR) is 142 cm³/mol. The second-order valence-corrected chi connectivity index (χ2v) is 9.10. The summed E-state index contributed by atoms with van der Waals surface area (Å²) in [5.41, 5.74) is 14.9. The van der Waals surface area contributed by atoms with E-state index in [0.29, 0.717) is 37.7 Å². The van der Waals surface area contributed by atoms with E-state index in [4.69, 9.17) is 10.5 Å². The summed E-state index contributed by atoms with van der Waals surface area (Å²) in [6.45, 7) is 9.56. The van der Waals surface area contributed by atoms with Crippen molar-refractivity contribution in [2.75, 3.05) is 42.4 Å². The van der Waals surface area contributed by atoms with Crippen molar-refractivity contribution < 1.29 is 9.53 Å². The van der Waals surface area contributed by atoms with Crippen LogP contribution in [0.1, 0.15) is 33.5 Å². The van der Waals surface area contributed by atoms with E-state index in [9.17, 15) is 9.59 Å². The quantitative estimate of drug-likeness (QED) is 0.443. The van der Waals surface area contributed by atoms with Gasteiger partial charge in [-0.2, -0.15) is 0 Å². The number of amides is 1. The van der Waals surface area contributed by atoms with Crippen molar-refractivity contribution in [3.8, 4) is 0 Å². The van der Waals surface area contributed by atoms with Crippen LogP contribution in [-0.2, 0) is 29.0 Å². The van der Waals surface area contributed by atoms with Crippen molar-refractivity contribution in [2.45, 2.75) is 40.3 Å². The number of nitrogens with two attached hydrogens (primary N) is 1. The molecule has 0 unspecified atom stereocenters. The van der Waals surface area contributed by atoms with Crippen LogP contribution in [0.5, 0.6) is 0 Å². The molecule has 9 nitrogen and oxygen atoms in total. The van der Waals surface area contributed by atoms with Gasteiger partial charge >= 0.3 is 0 Å². The lowest BCUT2D eigenvalue weighted by atomic mass is 10.1. The van der Waals surface area contributed by atoms with Gasteiger partial charge in [-0.1, -0.05) is 18.2 Å². The van der Waals surface area contributed by atoms with Gasteiger partial charge in [0.05, 0.1) is 26.2 Å². The van der Waals surface area contributed by atoms with Gasteiger partial charge in [0, 0.05) is 42.8 Å². The number of nitrogens with zero attached hydrogens (tertiary/aromatic N) is 3. The van der Waals surface area contributed by atoms with Gasteiger partial charge in [0.15, 0.2) is 0 Å². The zero-order valence-corrected chi connectivity index (χ0v) is 21.1. The maximum atomic E-state index is 13.2. The van der Waals surface area contributed by atoms with Crippen molar-refractivity contribution in [2.24, 2.45) is 0 Å². The van der Waals surface area contributed by atoms with E-state index in [-0.39, 0.29) is 17.9 Å². The van der Waals surface area contributed by atoms with Gasteiger partial charge < -0.3 is 26.1 Å². The van der Waals surface area contributed by atoms with Crippen LogP contribution in [-0.4, -0.2) is 41.9 Å². The molecule has 1 saturated heterocycles. The van der Waals surface area contributed by atoms with E-state index in [0.717, 1.165) is 46.7 Å². The van der Waals surface area contributed by atoms with Crippen LogP contribution in [0.25, 0.3) is 0 Å². The highest BCUT2D eigenvalue weighted by Gasteiger charge is 2.16. The van der Waals surface area contributed by atoms with Crippen LogP contribution in [0.2, 0.25) is 0 Å². The molecule has 0 bridgehead atoms. The average Bonchev–Trinajstić information content (AvgIpc) is 2.86. The highest BCUT2D eigenvalue weighted by atomic mass is 16.5. The zero-order valence-electron chi connectivity index (χ0n) is 21.1. The summed E-state index contributed by atoms with van der Waals surface area (Å²) in [5.74, 6) is 0.238. The average molecular weight is 491 g/mol. The number of nitrogens with one attached hydrogen (secondary N) is 2. The number of ether oxygens (including phenoxy) is 1. The second-order valence-electron chi connectivity index (χ2n) is 9.10. The Labute approximate surface area is 211 Å². The molecule has 2 aromatic heterocycles. The number of aromatic nitrogens is 2. The third kappa shape index (κ3) is 5.85. The van der Waals surface area contributed by atoms with Crippen LogP contribution >= 0.6 is 0 Å². The molecule has 3 heterocycles. The van der Waals surface area contributed by atoms with Crippen molar-refractivity contribution in [3.63, 3.8) is 0 Å². The Morgan fingerprint density at radius 3 is 2.56 bits per heavy atom. The summed E-state index contributed by atoms with van der Waals surface area (Å²) >= 11 is 0. The van der Waals surface area contributed by atoms with Gasteiger partial charge in [-0.25, -0.2) is 9.66 Å². The second kappa shape index (κ2) is 11.3. The van der Waals surface area contributed by atoms with Gasteiger partial charge in [0.25, 0.3) is 5.56 Å². The molecule has 1 aromatic carbocycles. The van der Waals surface area contributed by atoms with Gasteiger partial charge in [-0.15, -0.1) is 0 Å². The van der Waals surface area contributed by atoms with Gasteiger partial charge in [-0.3, -0.25) is 9.59 Å². The summed E-state index contributed by atoms with van der Waals surface area (Å²) in [6, 6.07) is 11.8. The molecule has 4 N–H and O–H groups in total. The molecular formula is C27H34N6O3. The number of pyridine rings is 2. The summed E-state index contributed by atoms with van der Waals surface area (Å²) in [4.78, 5) is 32.5. The summed E-state index contributed by atoms with van der Waals surface area (Å²) in [5, 5.41) is 2.92. The minimum absolute atomic E-state index is 0.00194. The van der Waals surface area contributed by atoms with Crippen LogP contribution in [0.15, 0.2) is 47.4 Å². The minimum atomic E-state index is -0.226. The Hall–Kier alpha value is -3.85. The Morgan fingerprint density at radius 2 is 1.81 bits per heavy atom. The third-order valence-electron chi connectivity index (χ3n) is 6.58. The normalized spacial score (nSPS) is 13.5. The highest BCUT2D eigenvalue weighted by molar-refractivity contribution is 5.78. The number of hydrogen-bond acceptors (Lipinski definition) is 7. The SMILES string of the molecule is Cc1cc(N)nc(C)c1CNC(=O)Cc1c(C)ccn(NCc2ccccc2N2CCOCC2)c1=O. The number of rotatable bonds is 8. The van der Waals surface area contributed by atoms with Crippen molar-refractivity contribution in [1.82, 2.24) is 15.0 Å². The number of carbonyl (C=O) groups is 1. The first-order chi connectivity index (χ1) is 17.3. The Bertz CT molecular complexity index is 1270. The first-order valence-corrected chi connectivity index (χ1v) is 12.2. The number of benzene rings is 1. The smallest absolute Gasteiger partial charge is 0.272 e. The van der Waals surface area contributed by atoms with Crippen molar-refractivity contribution in [1.29, 1.82) is 0 Å². The Balaban J connectivity index is 1.44. The van der Waals surface area contributed by atoms with Crippen LogP contribution in [0.3, 0.4) is 0 Å². The van der Waals surface area contributed by atoms with Gasteiger partial charge in [-0.05, 0) is 61.2 Å². The molecule has 1 aliphatic rings. The number of para-hydroxylation sites is 1. The molecule has 0 saturated carbocycles. The van der Waals surface area contributed by atoms with Crippen molar-refractivity contribution in [3.05, 3.63) is 86.5 Å². The van der Waals surface area contributed by atoms with Crippen LogP contribution < -0.4 is 26.9 Å².